The first-order valence-electron chi connectivity index (χ1n) is 7.53. The molecule has 1 aromatic heterocycles. The van der Waals surface area contributed by atoms with Crippen LogP contribution in [0.3, 0.4) is 0 Å². The van der Waals surface area contributed by atoms with E-state index in [0.29, 0.717) is 11.4 Å². The SMILES string of the molecule is CC(Cl)c1nc2cc(F)ccc2n1CC1CCCN(C)C1. The van der Waals surface area contributed by atoms with Crippen molar-refractivity contribution in [2.75, 3.05) is 20.1 Å². The van der Waals surface area contributed by atoms with Crippen LogP contribution in [-0.2, 0) is 6.54 Å². The zero-order valence-corrected chi connectivity index (χ0v) is 13.3. The molecule has 0 amide bonds. The minimum atomic E-state index is -0.252. The number of halogens is 2. The van der Waals surface area contributed by atoms with E-state index in [4.69, 9.17) is 11.6 Å². The van der Waals surface area contributed by atoms with E-state index in [1.165, 1.54) is 31.5 Å². The number of fused-ring (bicyclic) bond motifs is 1. The van der Waals surface area contributed by atoms with Crippen LogP contribution in [0.1, 0.15) is 31.0 Å². The Labute approximate surface area is 129 Å². The number of piperidine rings is 1. The van der Waals surface area contributed by atoms with Gasteiger partial charge in [-0.15, -0.1) is 11.6 Å². The van der Waals surface area contributed by atoms with Crippen LogP contribution in [0.25, 0.3) is 11.0 Å². The van der Waals surface area contributed by atoms with Crippen LogP contribution in [0.4, 0.5) is 4.39 Å². The fourth-order valence-corrected chi connectivity index (χ4v) is 3.46. The maximum absolute atomic E-state index is 13.4. The van der Waals surface area contributed by atoms with Crippen molar-refractivity contribution in [3.8, 4) is 0 Å². The van der Waals surface area contributed by atoms with E-state index in [9.17, 15) is 4.39 Å². The standard InChI is InChI=1S/C16H21ClFN3/c1-11(17)16-19-14-8-13(18)5-6-15(14)21(16)10-12-4-3-7-20(2)9-12/h5-6,8,11-12H,3-4,7,9-10H2,1-2H3. The van der Waals surface area contributed by atoms with E-state index in [1.54, 1.807) is 0 Å². The smallest absolute Gasteiger partial charge is 0.127 e. The molecule has 2 aromatic rings. The number of hydrogen-bond acceptors (Lipinski definition) is 2. The second kappa shape index (κ2) is 5.93. The van der Waals surface area contributed by atoms with Gasteiger partial charge in [-0.1, -0.05) is 0 Å². The molecule has 1 aliphatic heterocycles. The third-order valence-corrected chi connectivity index (χ3v) is 4.45. The number of alkyl halides is 1. The first-order chi connectivity index (χ1) is 10.0. The molecule has 21 heavy (non-hydrogen) atoms. The molecule has 1 fully saturated rings. The van der Waals surface area contributed by atoms with Crippen LogP contribution in [0.2, 0.25) is 0 Å². The molecule has 3 nitrogen and oxygen atoms in total. The van der Waals surface area contributed by atoms with Gasteiger partial charge in [0.15, 0.2) is 0 Å². The molecule has 0 spiro atoms. The van der Waals surface area contributed by atoms with E-state index < -0.39 is 0 Å². The molecule has 5 heteroatoms. The molecule has 0 saturated carbocycles. The van der Waals surface area contributed by atoms with E-state index in [2.05, 4.69) is 21.5 Å². The first-order valence-corrected chi connectivity index (χ1v) is 7.96. The van der Waals surface area contributed by atoms with Gasteiger partial charge >= 0.3 is 0 Å². The van der Waals surface area contributed by atoms with Crippen LogP contribution >= 0.6 is 11.6 Å². The van der Waals surface area contributed by atoms with Crippen molar-refractivity contribution in [1.29, 1.82) is 0 Å². The lowest BCUT2D eigenvalue weighted by atomic mass is 9.98. The number of imidazole rings is 1. The summed E-state index contributed by atoms with van der Waals surface area (Å²) in [7, 11) is 2.17. The van der Waals surface area contributed by atoms with E-state index in [1.807, 2.05) is 13.0 Å². The molecule has 0 bridgehead atoms. The van der Waals surface area contributed by atoms with Gasteiger partial charge in [-0.25, -0.2) is 9.37 Å². The van der Waals surface area contributed by atoms with Gasteiger partial charge < -0.3 is 9.47 Å². The summed E-state index contributed by atoms with van der Waals surface area (Å²) in [5.41, 5.74) is 1.67. The molecule has 0 aliphatic carbocycles. The maximum atomic E-state index is 13.4. The summed E-state index contributed by atoms with van der Waals surface area (Å²) in [5, 5.41) is -0.179. The van der Waals surface area contributed by atoms with Crippen molar-refractivity contribution in [1.82, 2.24) is 14.5 Å². The summed E-state index contributed by atoms with van der Waals surface area (Å²) in [4.78, 5) is 6.91. The lowest BCUT2D eigenvalue weighted by molar-refractivity contribution is 0.194. The van der Waals surface area contributed by atoms with Gasteiger partial charge in [0, 0.05) is 19.2 Å². The zero-order chi connectivity index (χ0) is 15.0. The van der Waals surface area contributed by atoms with Crippen molar-refractivity contribution in [2.45, 2.75) is 31.7 Å². The molecule has 3 rings (SSSR count). The zero-order valence-electron chi connectivity index (χ0n) is 12.5. The number of rotatable bonds is 3. The Kier molecular flexibility index (Phi) is 4.18. The summed E-state index contributed by atoms with van der Waals surface area (Å²) < 4.78 is 15.6. The van der Waals surface area contributed by atoms with Gasteiger partial charge in [0.05, 0.1) is 16.4 Å². The summed E-state index contributed by atoms with van der Waals surface area (Å²) in [6.45, 7) is 5.09. The number of nitrogens with zero attached hydrogens (tertiary/aromatic N) is 3. The molecule has 1 aromatic carbocycles. The molecule has 0 radical (unpaired) electrons. The quantitative estimate of drug-likeness (QED) is 0.804. The number of aromatic nitrogens is 2. The molecule has 2 heterocycles. The van der Waals surface area contributed by atoms with Crippen LogP contribution < -0.4 is 0 Å². The highest BCUT2D eigenvalue weighted by Crippen LogP contribution is 2.28. The van der Waals surface area contributed by atoms with Crippen molar-refractivity contribution in [3.63, 3.8) is 0 Å². The molecule has 1 saturated heterocycles. The van der Waals surface area contributed by atoms with Crippen LogP contribution in [-0.4, -0.2) is 34.6 Å². The van der Waals surface area contributed by atoms with E-state index in [-0.39, 0.29) is 11.2 Å². The molecular weight excluding hydrogens is 289 g/mol. The molecule has 0 N–H and O–H groups in total. The predicted octanol–water partition coefficient (Wildman–Crippen LogP) is 3.82. The van der Waals surface area contributed by atoms with Crippen molar-refractivity contribution in [3.05, 3.63) is 29.8 Å². The number of hydrogen-bond donors (Lipinski definition) is 0. The van der Waals surface area contributed by atoms with Gasteiger partial charge in [-0.3, -0.25) is 0 Å². The Morgan fingerprint density at radius 1 is 1.48 bits per heavy atom. The van der Waals surface area contributed by atoms with Gasteiger partial charge in [-0.2, -0.15) is 0 Å². The maximum Gasteiger partial charge on any atom is 0.127 e. The number of benzene rings is 1. The summed E-state index contributed by atoms with van der Waals surface area (Å²) in [6, 6.07) is 4.80. The van der Waals surface area contributed by atoms with Gasteiger partial charge in [0.25, 0.3) is 0 Å². The highest BCUT2D eigenvalue weighted by atomic mass is 35.5. The molecule has 1 aliphatic rings. The third-order valence-electron chi connectivity index (χ3n) is 4.26. The summed E-state index contributed by atoms with van der Waals surface area (Å²) in [5.74, 6) is 1.18. The van der Waals surface area contributed by atoms with Crippen LogP contribution in [0.5, 0.6) is 0 Å². The van der Waals surface area contributed by atoms with Crippen molar-refractivity contribution in [2.24, 2.45) is 5.92 Å². The van der Waals surface area contributed by atoms with E-state index in [0.717, 1.165) is 24.4 Å². The monoisotopic (exact) mass is 309 g/mol. The highest BCUT2D eigenvalue weighted by Gasteiger charge is 2.22. The largest absolute Gasteiger partial charge is 0.326 e. The normalized spacial score (nSPS) is 21.8. The Bertz CT molecular complexity index is 638. The van der Waals surface area contributed by atoms with Crippen LogP contribution in [0.15, 0.2) is 18.2 Å². The topological polar surface area (TPSA) is 21.1 Å². The fraction of sp³-hybridized carbons (Fsp3) is 0.562. The molecule has 2 atom stereocenters. The average Bonchev–Trinajstić information content (AvgIpc) is 2.77. The second-order valence-electron chi connectivity index (χ2n) is 6.10. The average molecular weight is 310 g/mol. The molecular formula is C16H21ClFN3. The lowest BCUT2D eigenvalue weighted by Gasteiger charge is -2.30. The summed E-state index contributed by atoms with van der Waals surface area (Å²) >= 11 is 6.28. The summed E-state index contributed by atoms with van der Waals surface area (Å²) in [6.07, 6.45) is 2.45. The molecule has 2 unspecified atom stereocenters. The Morgan fingerprint density at radius 2 is 2.29 bits per heavy atom. The molecule has 114 valence electrons. The van der Waals surface area contributed by atoms with E-state index >= 15 is 0 Å². The lowest BCUT2D eigenvalue weighted by Crippen LogP contribution is -2.34. The first kappa shape index (κ1) is 14.8. The Hall–Kier alpha value is -1.13. The minimum absolute atomic E-state index is 0.179. The second-order valence-corrected chi connectivity index (χ2v) is 6.75. The predicted molar refractivity (Wildman–Crippen MR) is 84.2 cm³/mol. The number of likely N-dealkylation sites (tertiary alicyclic amines) is 1. The highest BCUT2D eigenvalue weighted by molar-refractivity contribution is 6.20. The van der Waals surface area contributed by atoms with Crippen molar-refractivity contribution < 1.29 is 4.39 Å². The Morgan fingerprint density at radius 3 is 3.00 bits per heavy atom. The van der Waals surface area contributed by atoms with Crippen molar-refractivity contribution >= 4 is 22.6 Å². The third kappa shape index (κ3) is 3.06. The minimum Gasteiger partial charge on any atom is -0.326 e. The van der Waals surface area contributed by atoms with Gasteiger partial charge in [-0.05, 0) is 51.4 Å². The fourth-order valence-electron chi connectivity index (χ4n) is 3.30. The van der Waals surface area contributed by atoms with Gasteiger partial charge in [0.2, 0.25) is 0 Å². The Balaban J connectivity index is 1.97. The van der Waals surface area contributed by atoms with Gasteiger partial charge in [0.1, 0.15) is 11.6 Å². The van der Waals surface area contributed by atoms with Crippen LogP contribution in [0, 0.1) is 11.7 Å².